The first-order valence-corrected chi connectivity index (χ1v) is 12.4. The van der Waals surface area contributed by atoms with Crippen molar-refractivity contribution < 1.29 is 24.3 Å². The summed E-state index contributed by atoms with van der Waals surface area (Å²) in [4.78, 5) is 58.0. The molecule has 6 rings (SSSR count). The van der Waals surface area contributed by atoms with E-state index in [9.17, 15) is 24.3 Å². The normalized spacial score (nSPS) is 20.5. The van der Waals surface area contributed by atoms with Gasteiger partial charge in [0.2, 0.25) is 11.8 Å². The number of hydrogen-bond donors (Lipinski definition) is 1. The van der Waals surface area contributed by atoms with Crippen LogP contribution in [0.1, 0.15) is 45.5 Å². The Kier molecular flexibility index (Phi) is 5.52. The van der Waals surface area contributed by atoms with Gasteiger partial charge in [-0.05, 0) is 54.8 Å². The van der Waals surface area contributed by atoms with E-state index in [1.165, 1.54) is 0 Å². The van der Waals surface area contributed by atoms with Gasteiger partial charge in [-0.3, -0.25) is 24.1 Å². The Balaban J connectivity index is 1.37. The molecule has 1 N–H and O–H groups in total. The third-order valence-corrected chi connectivity index (χ3v) is 7.54. The van der Waals surface area contributed by atoms with Crippen molar-refractivity contribution in [2.75, 3.05) is 16.3 Å². The minimum atomic E-state index is -0.481. The van der Waals surface area contributed by atoms with Gasteiger partial charge >= 0.3 is 0 Å². The Morgan fingerprint density at radius 1 is 0.784 bits per heavy atom. The summed E-state index contributed by atoms with van der Waals surface area (Å²) >= 11 is 0. The largest absolute Gasteiger partial charge is 0.508 e. The Morgan fingerprint density at radius 2 is 1.41 bits per heavy atom. The quantitative estimate of drug-likeness (QED) is 0.556. The summed E-state index contributed by atoms with van der Waals surface area (Å²) in [6, 6.07) is 20.2. The van der Waals surface area contributed by atoms with E-state index in [-0.39, 0.29) is 17.7 Å². The van der Waals surface area contributed by atoms with Crippen molar-refractivity contribution in [1.82, 2.24) is 4.90 Å². The van der Waals surface area contributed by atoms with Crippen LogP contribution in [-0.4, -0.2) is 46.2 Å². The maximum Gasteiger partial charge on any atom is 0.262 e. The number of benzene rings is 3. The second kappa shape index (κ2) is 8.89. The highest BCUT2D eigenvalue weighted by Gasteiger charge is 2.46. The smallest absolute Gasteiger partial charge is 0.262 e. The number of imide groups is 1. The SMILES string of the molecule is O=C1c2ccccc2C(=O)N1CC(=O)N1c2ccccc2N(Cc2ccc(O)cc2)C(=O)C2CCCC21. The van der Waals surface area contributed by atoms with Gasteiger partial charge in [-0.1, -0.05) is 42.8 Å². The minimum Gasteiger partial charge on any atom is -0.508 e. The molecular weight excluding hydrogens is 470 g/mol. The van der Waals surface area contributed by atoms with Crippen LogP contribution >= 0.6 is 0 Å². The number of phenols is 1. The molecule has 0 spiro atoms. The van der Waals surface area contributed by atoms with Gasteiger partial charge < -0.3 is 14.9 Å². The van der Waals surface area contributed by atoms with Gasteiger partial charge in [0.25, 0.3) is 11.8 Å². The molecule has 3 aliphatic rings. The fourth-order valence-corrected chi connectivity index (χ4v) is 5.79. The molecule has 0 aromatic heterocycles. The van der Waals surface area contributed by atoms with Crippen LogP contribution in [0.2, 0.25) is 0 Å². The van der Waals surface area contributed by atoms with Gasteiger partial charge in [-0.2, -0.15) is 0 Å². The number of fused-ring (bicyclic) bond motifs is 3. The highest BCUT2D eigenvalue weighted by molar-refractivity contribution is 6.23. The van der Waals surface area contributed by atoms with E-state index in [2.05, 4.69) is 0 Å². The van der Waals surface area contributed by atoms with Crippen molar-refractivity contribution in [1.29, 1.82) is 0 Å². The maximum atomic E-state index is 13.9. The molecule has 37 heavy (non-hydrogen) atoms. The molecule has 0 bridgehead atoms. The fraction of sp³-hybridized carbons (Fsp3) is 0.241. The Labute approximate surface area is 213 Å². The van der Waals surface area contributed by atoms with Crippen LogP contribution < -0.4 is 9.80 Å². The van der Waals surface area contributed by atoms with Crippen molar-refractivity contribution in [3.8, 4) is 5.75 Å². The Hall–Kier alpha value is -4.46. The van der Waals surface area contributed by atoms with Gasteiger partial charge in [0.15, 0.2) is 0 Å². The van der Waals surface area contributed by atoms with E-state index < -0.39 is 30.2 Å². The second-order valence-electron chi connectivity index (χ2n) is 9.69. The van der Waals surface area contributed by atoms with Crippen molar-refractivity contribution in [2.45, 2.75) is 31.8 Å². The predicted molar refractivity (Wildman–Crippen MR) is 136 cm³/mol. The minimum absolute atomic E-state index is 0.0564. The molecule has 3 aromatic carbocycles. The number of rotatable bonds is 4. The zero-order chi connectivity index (χ0) is 25.7. The molecule has 0 saturated heterocycles. The lowest BCUT2D eigenvalue weighted by Crippen LogP contribution is -2.49. The number of carbonyl (C=O) groups excluding carboxylic acids is 4. The highest BCUT2D eigenvalue weighted by atomic mass is 16.3. The number of carbonyl (C=O) groups is 4. The number of nitrogens with zero attached hydrogens (tertiary/aromatic N) is 3. The molecule has 8 nitrogen and oxygen atoms in total. The number of amides is 4. The maximum absolute atomic E-state index is 13.9. The van der Waals surface area contributed by atoms with Crippen LogP contribution in [0.3, 0.4) is 0 Å². The number of aromatic hydroxyl groups is 1. The number of phenolic OH excluding ortho intramolecular Hbond substituents is 1. The van der Waals surface area contributed by atoms with Crippen LogP contribution in [0, 0.1) is 5.92 Å². The summed E-state index contributed by atoms with van der Waals surface area (Å²) in [5.41, 5.74) is 2.63. The summed E-state index contributed by atoms with van der Waals surface area (Å²) in [6.45, 7) is -0.101. The van der Waals surface area contributed by atoms with Crippen molar-refractivity contribution >= 4 is 35.0 Å². The Bertz CT molecular complexity index is 1400. The zero-order valence-corrected chi connectivity index (χ0v) is 20.0. The van der Waals surface area contributed by atoms with Crippen molar-refractivity contribution in [2.24, 2.45) is 5.92 Å². The first-order valence-electron chi connectivity index (χ1n) is 12.4. The lowest BCUT2D eigenvalue weighted by atomic mass is 10.0. The van der Waals surface area contributed by atoms with E-state index in [0.717, 1.165) is 16.9 Å². The lowest BCUT2D eigenvalue weighted by molar-refractivity contribution is -0.123. The van der Waals surface area contributed by atoms with Gasteiger partial charge in [-0.25, -0.2) is 0 Å². The topological polar surface area (TPSA) is 98.2 Å². The van der Waals surface area contributed by atoms with E-state index in [1.54, 1.807) is 58.3 Å². The lowest BCUT2D eigenvalue weighted by Gasteiger charge is -2.31. The molecule has 2 heterocycles. The van der Waals surface area contributed by atoms with Gasteiger partial charge in [0, 0.05) is 6.04 Å². The molecular formula is C29H25N3O5. The highest BCUT2D eigenvalue weighted by Crippen LogP contribution is 2.43. The number of hydrogen-bond acceptors (Lipinski definition) is 5. The average Bonchev–Trinajstić information content (AvgIpc) is 3.46. The second-order valence-corrected chi connectivity index (χ2v) is 9.69. The van der Waals surface area contributed by atoms with E-state index >= 15 is 0 Å². The third kappa shape index (κ3) is 3.76. The molecule has 3 aromatic rings. The van der Waals surface area contributed by atoms with Crippen LogP contribution in [0.5, 0.6) is 5.75 Å². The Morgan fingerprint density at radius 3 is 2.08 bits per heavy atom. The van der Waals surface area contributed by atoms with Crippen LogP contribution in [0.15, 0.2) is 72.8 Å². The molecule has 8 heteroatoms. The average molecular weight is 496 g/mol. The first kappa shape index (κ1) is 23.0. The summed E-state index contributed by atoms with van der Waals surface area (Å²) < 4.78 is 0. The summed E-state index contributed by atoms with van der Waals surface area (Å²) in [7, 11) is 0. The molecule has 2 aliphatic heterocycles. The van der Waals surface area contributed by atoms with E-state index in [4.69, 9.17) is 0 Å². The van der Waals surface area contributed by atoms with E-state index in [0.29, 0.717) is 41.9 Å². The first-order chi connectivity index (χ1) is 17.9. The molecule has 4 amide bonds. The van der Waals surface area contributed by atoms with Crippen LogP contribution in [0.25, 0.3) is 0 Å². The van der Waals surface area contributed by atoms with Crippen LogP contribution in [-0.2, 0) is 16.1 Å². The van der Waals surface area contributed by atoms with Gasteiger partial charge in [0.1, 0.15) is 12.3 Å². The number of para-hydroxylation sites is 2. The van der Waals surface area contributed by atoms with Gasteiger partial charge in [-0.15, -0.1) is 0 Å². The number of anilines is 2. The third-order valence-electron chi connectivity index (χ3n) is 7.54. The standard InChI is InChI=1S/C29H25N3O5/c33-19-14-12-18(13-15-19)16-30-24-9-3-4-10-25(24)32(23-11-5-8-22(23)29(30)37)26(34)17-31-27(35)20-6-1-2-7-21(20)28(31)36/h1-4,6-7,9-10,12-15,22-23,33H,5,8,11,16-17H2. The van der Waals surface area contributed by atoms with Crippen LogP contribution in [0.4, 0.5) is 11.4 Å². The fourth-order valence-electron chi connectivity index (χ4n) is 5.79. The molecule has 2 unspecified atom stereocenters. The van der Waals surface area contributed by atoms with E-state index in [1.807, 2.05) is 24.3 Å². The monoisotopic (exact) mass is 495 g/mol. The zero-order valence-electron chi connectivity index (χ0n) is 20.0. The summed E-state index contributed by atoms with van der Waals surface area (Å²) in [5, 5.41) is 9.67. The van der Waals surface area contributed by atoms with Crippen molar-refractivity contribution in [3.63, 3.8) is 0 Å². The molecule has 2 atom stereocenters. The molecule has 1 aliphatic carbocycles. The molecule has 1 saturated carbocycles. The summed E-state index contributed by atoms with van der Waals surface area (Å²) in [5.74, 6) is -1.66. The summed E-state index contributed by atoms with van der Waals surface area (Å²) in [6.07, 6.45) is 2.11. The van der Waals surface area contributed by atoms with Gasteiger partial charge in [0.05, 0.1) is 35.0 Å². The molecule has 186 valence electrons. The molecule has 1 fully saturated rings. The molecule has 0 radical (unpaired) electrons. The predicted octanol–water partition coefficient (Wildman–Crippen LogP) is 3.74. The van der Waals surface area contributed by atoms with Crippen molar-refractivity contribution in [3.05, 3.63) is 89.5 Å².